The summed E-state index contributed by atoms with van der Waals surface area (Å²) < 4.78 is 0. The third-order valence-corrected chi connectivity index (χ3v) is 4.56. The summed E-state index contributed by atoms with van der Waals surface area (Å²) in [5.74, 6) is 1.05. The van der Waals surface area contributed by atoms with Crippen molar-refractivity contribution in [3.05, 3.63) is 34.9 Å². The maximum absolute atomic E-state index is 12.4. The molecule has 0 saturated carbocycles. The number of hydrogen-bond donors (Lipinski definition) is 0. The SMILES string of the molecule is CC(=O)N1C[C@H]2CN(C(=O)c3ccc(Cl)cc3)C[C@@H]2C1. The highest BCUT2D eigenvalue weighted by Gasteiger charge is 2.42. The van der Waals surface area contributed by atoms with E-state index >= 15 is 0 Å². The van der Waals surface area contributed by atoms with Gasteiger partial charge in [-0.15, -0.1) is 0 Å². The quantitative estimate of drug-likeness (QED) is 0.793. The summed E-state index contributed by atoms with van der Waals surface area (Å²) in [5.41, 5.74) is 0.679. The van der Waals surface area contributed by atoms with E-state index in [0.717, 1.165) is 26.2 Å². The molecule has 0 spiro atoms. The lowest BCUT2D eigenvalue weighted by molar-refractivity contribution is -0.128. The van der Waals surface area contributed by atoms with Crippen LogP contribution in [0.25, 0.3) is 0 Å². The zero-order valence-electron chi connectivity index (χ0n) is 11.4. The molecule has 1 aromatic carbocycles. The van der Waals surface area contributed by atoms with Crippen molar-refractivity contribution < 1.29 is 9.59 Å². The molecule has 2 amide bonds. The second-order valence-corrected chi connectivity index (χ2v) is 6.10. The van der Waals surface area contributed by atoms with Crippen molar-refractivity contribution in [2.24, 2.45) is 11.8 Å². The van der Waals surface area contributed by atoms with Gasteiger partial charge in [0.15, 0.2) is 0 Å². The fraction of sp³-hybridized carbons (Fsp3) is 0.467. The van der Waals surface area contributed by atoms with Gasteiger partial charge < -0.3 is 9.80 Å². The van der Waals surface area contributed by atoms with E-state index in [2.05, 4.69) is 0 Å². The van der Waals surface area contributed by atoms with Crippen LogP contribution in [-0.4, -0.2) is 47.8 Å². The Balaban J connectivity index is 1.66. The molecule has 0 bridgehead atoms. The third kappa shape index (κ3) is 2.40. The Kier molecular flexibility index (Phi) is 3.42. The van der Waals surface area contributed by atoms with E-state index in [9.17, 15) is 9.59 Å². The first-order valence-electron chi connectivity index (χ1n) is 6.85. The van der Waals surface area contributed by atoms with Gasteiger partial charge in [0, 0.05) is 55.5 Å². The first kappa shape index (κ1) is 13.4. The van der Waals surface area contributed by atoms with E-state index in [1.54, 1.807) is 31.2 Å². The Labute approximate surface area is 123 Å². The summed E-state index contributed by atoms with van der Waals surface area (Å²) in [4.78, 5) is 27.6. The van der Waals surface area contributed by atoms with Crippen LogP contribution in [0.4, 0.5) is 0 Å². The van der Waals surface area contributed by atoms with Crippen LogP contribution in [0.1, 0.15) is 17.3 Å². The Morgan fingerprint density at radius 1 is 1.00 bits per heavy atom. The molecule has 2 heterocycles. The molecule has 0 N–H and O–H groups in total. The number of amides is 2. The van der Waals surface area contributed by atoms with E-state index in [4.69, 9.17) is 11.6 Å². The average molecular weight is 293 g/mol. The standard InChI is InChI=1S/C15H17ClN2O2/c1-10(19)17-6-12-8-18(9-13(12)7-17)15(20)11-2-4-14(16)5-3-11/h2-5,12-13H,6-9H2,1H3/t12-,13-/m0/s1. The van der Waals surface area contributed by atoms with Crippen molar-refractivity contribution in [3.8, 4) is 0 Å². The van der Waals surface area contributed by atoms with E-state index in [1.165, 1.54) is 0 Å². The number of carbonyl (C=O) groups is 2. The molecule has 0 aliphatic carbocycles. The molecule has 2 aliphatic rings. The maximum Gasteiger partial charge on any atom is 0.253 e. The van der Waals surface area contributed by atoms with Crippen LogP contribution in [0.5, 0.6) is 0 Å². The number of likely N-dealkylation sites (tertiary alicyclic amines) is 2. The molecule has 3 rings (SSSR count). The summed E-state index contributed by atoms with van der Waals surface area (Å²) in [5, 5.41) is 0.636. The number of carbonyl (C=O) groups excluding carboxylic acids is 2. The van der Waals surface area contributed by atoms with Gasteiger partial charge in [-0.2, -0.15) is 0 Å². The van der Waals surface area contributed by atoms with Crippen LogP contribution in [0.15, 0.2) is 24.3 Å². The zero-order chi connectivity index (χ0) is 14.3. The summed E-state index contributed by atoms with van der Waals surface area (Å²) >= 11 is 5.84. The zero-order valence-corrected chi connectivity index (χ0v) is 12.1. The van der Waals surface area contributed by atoms with Crippen LogP contribution in [0.3, 0.4) is 0 Å². The maximum atomic E-state index is 12.4. The molecule has 0 radical (unpaired) electrons. The first-order chi connectivity index (χ1) is 9.54. The molecule has 0 unspecified atom stereocenters. The summed E-state index contributed by atoms with van der Waals surface area (Å²) in [6.45, 7) is 4.66. The van der Waals surface area contributed by atoms with Crippen LogP contribution in [-0.2, 0) is 4.79 Å². The van der Waals surface area contributed by atoms with Crippen molar-refractivity contribution in [1.82, 2.24) is 9.80 Å². The average Bonchev–Trinajstić information content (AvgIpc) is 2.96. The fourth-order valence-electron chi connectivity index (χ4n) is 3.19. The highest BCUT2D eigenvalue weighted by molar-refractivity contribution is 6.30. The van der Waals surface area contributed by atoms with Gasteiger partial charge in [-0.05, 0) is 24.3 Å². The predicted molar refractivity (Wildman–Crippen MR) is 76.6 cm³/mol. The minimum absolute atomic E-state index is 0.0606. The normalized spacial score (nSPS) is 24.9. The number of fused-ring (bicyclic) bond motifs is 1. The predicted octanol–water partition coefficient (Wildman–Crippen LogP) is 1.89. The molecule has 5 heteroatoms. The van der Waals surface area contributed by atoms with Gasteiger partial charge >= 0.3 is 0 Å². The van der Waals surface area contributed by atoms with Gasteiger partial charge in [0.25, 0.3) is 5.91 Å². The van der Waals surface area contributed by atoms with E-state index < -0.39 is 0 Å². The third-order valence-electron chi connectivity index (χ3n) is 4.31. The van der Waals surface area contributed by atoms with Crippen LogP contribution < -0.4 is 0 Å². The molecular formula is C15H17ClN2O2. The molecule has 2 atom stereocenters. The number of benzene rings is 1. The molecule has 4 nitrogen and oxygen atoms in total. The van der Waals surface area contributed by atoms with Crippen LogP contribution in [0, 0.1) is 11.8 Å². The Morgan fingerprint density at radius 3 is 2.00 bits per heavy atom. The largest absolute Gasteiger partial charge is 0.342 e. The Morgan fingerprint density at radius 2 is 1.50 bits per heavy atom. The molecule has 2 saturated heterocycles. The highest BCUT2D eigenvalue weighted by atomic mass is 35.5. The van der Waals surface area contributed by atoms with Crippen molar-refractivity contribution in [2.75, 3.05) is 26.2 Å². The van der Waals surface area contributed by atoms with Crippen molar-refractivity contribution in [1.29, 1.82) is 0 Å². The van der Waals surface area contributed by atoms with Crippen molar-refractivity contribution in [3.63, 3.8) is 0 Å². The van der Waals surface area contributed by atoms with Gasteiger partial charge in [-0.1, -0.05) is 11.6 Å². The Bertz CT molecular complexity index is 529. The van der Waals surface area contributed by atoms with Crippen LogP contribution >= 0.6 is 11.6 Å². The molecule has 1 aromatic rings. The lowest BCUT2D eigenvalue weighted by Crippen LogP contribution is -2.34. The van der Waals surface area contributed by atoms with E-state index in [0.29, 0.717) is 22.4 Å². The second kappa shape index (κ2) is 5.09. The number of rotatable bonds is 1. The van der Waals surface area contributed by atoms with Gasteiger partial charge in [0.05, 0.1) is 0 Å². The topological polar surface area (TPSA) is 40.6 Å². The first-order valence-corrected chi connectivity index (χ1v) is 7.23. The monoisotopic (exact) mass is 292 g/mol. The number of nitrogens with zero attached hydrogens (tertiary/aromatic N) is 2. The molecule has 20 heavy (non-hydrogen) atoms. The smallest absolute Gasteiger partial charge is 0.253 e. The number of hydrogen-bond acceptors (Lipinski definition) is 2. The lowest BCUT2D eigenvalue weighted by Gasteiger charge is -2.21. The van der Waals surface area contributed by atoms with Gasteiger partial charge in [0.1, 0.15) is 0 Å². The summed E-state index contributed by atoms with van der Waals surface area (Å²) in [6, 6.07) is 7.01. The molecule has 2 fully saturated rings. The molecular weight excluding hydrogens is 276 g/mol. The lowest BCUT2D eigenvalue weighted by atomic mass is 10.0. The Hall–Kier alpha value is -1.55. The summed E-state index contributed by atoms with van der Waals surface area (Å²) in [7, 11) is 0. The van der Waals surface area contributed by atoms with Crippen molar-refractivity contribution in [2.45, 2.75) is 6.92 Å². The second-order valence-electron chi connectivity index (χ2n) is 5.66. The van der Waals surface area contributed by atoms with Gasteiger partial charge in [-0.3, -0.25) is 9.59 Å². The molecule has 106 valence electrons. The molecule has 2 aliphatic heterocycles. The summed E-state index contributed by atoms with van der Waals surface area (Å²) in [6.07, 6.45) is 0. The fourth-order valence-corrected chi connectivity index (χ4v) is 3.32. The van der Waals surface area contributed by atoms with Crippen LogP contribution in [0.2, 0.25) is 5.02 Å². The van der Waals surface area contributed by atoms with Gasteiger partial charge in [-0.25, -0.2) is 0 Å². The van der Waals surface area contributed by atoms with Crippen molar-refractivity contribution >= 4 is 23.4 Å². The minimum Gasteiger partial charge on any atom is -0.342 e. The minimum atomic E-state index is 0.0606. The van der Waals surface area contributed by atoms with E-state index in [-0.39, 0.29) is 11.8 Å². The number of halogens is 1. The highest BCUT2D eigenvalue weighted by Crippen LogP contribution is 2.31. The van der Waals surface area contributed by atoms with E-state index in [1.807, 2.05) is 9.80 Å². The van der Waals surface area contributed by atoms with Gasteiger partial charge in [0.2, 0.25) is 5.91 Å². The molecule has 0 aromatic heterocycles.